The third-order valence-electron chi connectivity index (χ3n) is 3.58. The number of thiophene rings is 1. The van der Waals surface area contributed by atoms with Gasteiger partial charge in [-0.05, 0) is 50.5 Å². The van der Waals surface area contributed by atoms with Crippen LogP contribution in [-0.2, 0) is 6.54 Å². The highest BCUT2D eigenvalue weighted by atomic mass is 32.1. The van der Waals surface area contributed by atoms with E-state index >= 15 is 0 Å². The summed E-state index contributed by atoms with van der Waals surface area (Å²) >= 11 is 7.21. The van der Waals surface area contributed by atoms with Crippen LogP contribution in [0.25, 0.3) is 0 Å². The van der Waals surface area contributed by atoms with E-state index < -0.39 is 0 Å². The molecule has 1 heterocycles. The molecule has 1 aromatic rings. The van der Waals surface area contributed by atoms with Gasteiger partial charge in [0.15, 0.2) is 5.11 Å². The predicted molar refractivity (Wildman–Crippen MR) is 83.2 cm³/mol. The van der Waals surface area contributed by atoms with Gasteiger partial charge in [0.05, 0.1) is 6.54 Å². The van der Waals surface area contributed by atoms with Crippen molar-refractivity contribution in [3.05, 3.63) is 21.4 Å². The topological polar surface area (TPSA) is 24.1 Å². The SMILES string of the molecule is Cc1cc(CNC(=S)NC2CCCCC2)sc1C. The van der Waals surface area contributed by atoms with Crippen molar-refractivity contribution in [2.24, 2.45) is 0 Å². The maximum Gasteiger partial charge on any atom is 0.166 e. The van der Waals surface area contributed by atoms with Gasteiger partial charge in [-0.1, -0.05) is 19.3 Å². The first-order valence-corrected chi connectivity index (χ1v) is 7.98. The first kappa shape index (κ1) is 13.8. The Morgan fingerprint density at radius 1 is 1.33 bits per heavy atom. The van der Waals surface area contributed by atoms with Crippen LogP contribution in [-0.4, -0.2) is 11.2 Å². The summed E-state index contributed by atoms with van der Waals surface area (Å²) in [4.78, 5) is 2.76. The Morgan fingerprint density at radius 3 is 2.67 bits per heavy atom. The van der Waals surface area contributed by atoms with E-state index in [1.807, 2.05) is 11.3 Å². The molecule has 2 nitrogen and oxygen atoms in total. The molecule has 1 aliphatic rings. The molecule has 0 amide bonds. The molecule has 1 aliphatic carbocycles. The number of hydrogen-bond donors (Lipinski definition) is 2. The van der Waals surface area contributed by atoms with Crippen molar-refractivity contribution in [2.75, 3.05) is 0 Å². The standard InChI is InChI=1S/C14H22N2S2/c1-10-8-13(18-11(10)2)9-15-14(17)16-12-6-4-3-5-7-12/h8,12H,3-7,9H2,1-2H3,(H2,15,16,17). The van der Waals surface area contributed by atoms with Crippen molar-refractivity contribution >= 4 is 28.7 Å². The van der Waals surface area contributed by atoms with Crippen molar-refractivity contribution in [3.8, 4) is 0 Å². The fourth-order valence-electron chi connectivity index (χ4n) is 2.39. The zero-order valence-corrected chi connectivity index (χ0v) is 12.8. The van der Waals surface area contributed by atoms with Crippen molar-refractivity contribution in [3.63, 3.8) is 0 Å². The van der Waals surface area contributed by atoms with Gasteiger partial charge in [0.1, 0.15) is 0 Å². The average Bonchev–Trinajstić information content (AvgIpc) is 2.68. The summed E-state index contributed by atoms with van der Waals surface area (Å²) in [5, 5.41) is 7.56. The van der Waals surface area contributed by atoms with E-state index in [0.29, 0.717) is 6.04 Å². The maximum absolute atomic E-state index is 5.36. The monoisotopic (exact) mass is 282 g/mol. The third-order valence-corrected chi connectivity index (χ3v) is 5.00. The average molecular weight is 282 g/mol. The molecular weight excluding hydrogens is 260 g/mol. The molecule has 1 aromatic heterocycles. The van der Waals surface area contributed by atoms with Gasteiger partial charge in [0.2, 0.25) is 0 Å². The molecular formula is C14H22N2S2. The van der Waals surface area contributed by atoms with Crippen LogP contribution < -0.4 is 10.6 Å². The van der Waals surface area contributed by atoms with Crippen LogP contribution in [0.15, 0.2) is 6.07 Å². The van der Waals surface area contributed by atoms with Gasteiger partial charge in [-0.15, -0.1) is 11.3 Å². The summed E-state index contributed by atoms with van der Waals surface area (Å²) in [5.74, 6) is 0. The number of hydrogen-bond acceptors (Lipinski definition) is 2. The summed E-state index contributed by atoms with van der Waals surface area (Å²) in [6.07, 6.45) is 6.58. The Balaban J connectivity index is 1.74. The number of aryl methyl sites for hydroxylation is 2. The molecule has 0 spiro atoms. The number of thiocarbonyl (C=S) groups is 1. The molecule has 100 valence electrons. The van der Waals surface area contributed by atoms with Crippen LogP contribution in [0.4, 0.5) is 0 Å². The highest BCUT2D eigenvalue weighted by Gasteiger charge is 2.13. The summed E-state index contributed by atoms with van der Waals surface area (Å²) in [6, 6.07) is 2.83. The van der Waals surface area contributed by atoms with E-state index in [-0.39, 0.29) is 0 Å². The van der Waals surface area contributed by atoms with Crippen molar-refractivity contribution in [2.45, 2.75) is 58.5 Å². The first-order valence-electron chi connectivity index (χ1n) is 6.75. The van der Waals surface area contributed by atoms with Gasteiger partial charge in [-0.25, -0.2) is 0 Å². The predicted octanol–water partition coefficient (Wildman–Crippen LogP) is 3.66. The van der Waals surface area contributed by atoms with Crippen molar-refractivity contribution < 1.29 is 0 Å². The van der Waals surface area contributed by atoms with E-state index in [9.17, 15) is 0 Å². The molecule has 2 N–H and O–H groups in total. The van der Waals surface area contributed by atoms with Gasteiger partial charge in [0, 0.05) is 15.8 Å². The molecule has 18 heavy (non-hydrogen) atoms. The fraction of sp³-hybridized carbons (Fsp3) is 0.643. The minimum atomic E-state index is 0.588. The molecule has 0 unspecified atom stereocenters. The summed E-state index contributed by atoms with van der Waals surface area (Å²) < 4.78 is 0. The van der Waals surface area contributed by atoms with Gasteiger partial charge in [-0.2, -0.15) is 0 Å². The van der Waals surface area contributed by atoms with Crippen LogP contribution in [0.3, 0.4) is 0 Å². The second-order valence-corrected chi connectivity index (χ2v) is 6.86. The first-order chi connectivity index (χ1) is 8.65. The molecule has 0 saturated heterocycles. The highest BCUT2D eigenvalue weighted by molar-refractivity contribution is 7.80. The zero-order chi connectivity index (χ0) is 13.0. The molecule has 0 atom stereocenters. The second-order valence-electron chi connectivity index (χ2n) is 5.11. The Morgan fingerprint density at radius 2 is 2.06 bits per heavy atom. The number of nitrogens with one attached hydrogen (secondary N) is 2. The molecule has 0 aliphatic heterocycles. The minimum Gasteiger partial charge on any atom is -0.360 e. The molecule has 2 rings (SSSR count). The Labute approximate surface area is 119 Å². The number of rotatable bonds is 3. The fourth-order valence-corrected chi connectivity index (χ4v) is 3.62. The molecule has 1 saturated carbocycles. The maximum atomic E-state index is 5.36. The smallest absolute Gasteiger partial charge is 0.166 e. The molecule has 0 radical (unpaired) electrons. The largest absolute Gasteiger partial charge is 0.360 e. The molecule has 0 bridgehead atoms. The Kier molecular flexibility index (Phi) is 5.01. The van der Waals surface area contributed by atoms with E-state index in [4.69, 9.17) is 12.2 Å². The summed E-state index contributed by atoms with van der Waals surface area (Å²) in [7, 11) is 0. The minimum absolute atomic E-state index is 0.588. The van der Waals surface area contributed by atoms with Gasteiger partial charge >= 0.3 is 0 Å². The quantitative estimate of drug-likeness (QED) is 0.827. The molecule has 0 aromatic carbocycles. The lowest BCUT2D eigenvalue weighted by molar-refractivity contribution is 0.412. The summed E-state index contributed by atoms with van der Waals surface area (Å²) in [6.45, 7) is 5.17. The lowest BCUT2D eigenvalue weighted by atomic mass is 9.96. The molecule has 4 heteroatoms. The van der Waals surface area contributed by atoms with Crippen LogP contribution in [0.5, 0.6) is 0 Å². The van der Waals surface area contributed by atoms with Crippen LogP contribution in [0.2, 0.25) is 0 Å². The summed E-state index contributed by atoms with van der Waals surface area (Å²) in [5.41, 5.74) is 1.38. The van der Waals surface area contributed by atoms with E-state index in [1.165, 1.54) is 47.4 Å². The second kappa shape index (κ2) is 6.53. The van der Waals surface area contributed by atoms with Crippen molar-refractivity contribution in [1.82, 2.24) is 10.6 Å². The van der Waals surface area contributed by atoms with Crippen LogP contribution in [0, 0.1) is 13.8 Å². The van der Waals surface area contributed by atoms with E-state index in [1.54, 1.807) is 0 Å². The third kappa shape index (κ3) is 3.95. The Hall–Kier alpha value is -0.610. The normalized spacial score (nSPS) is 16.6. The molecule has 1 fully saturated rings. The van der Waals surface area contributed by atoms with Gasteiger partial charge in [0.25, 0.3) is 0 Å². The zero-order valence-electron chi connectivity index (χ0n) is 11.2. The highest BCUT2D eigenvalue weighted by Crippen LogP contribution is 2.20. The van der Waals surface area contributed by atoms with E-state index in [0.717, 1.165) is 11.7 Å². The van der Waals surface area contributed by atoms with Crippen LogP contribution >= 0.6 is 23.6 Å². The lowest BCUT2D eigenvalue weighted by Gasteiger charge is -2.24. The Bertz CT molecular complexity index is 386. The van der Waals surface area contributed by atoms with Gasteiger partial charge < -0.3 is 10.6 Å². The van der Waals surface area contributed by atoms with E-state index in [2.05, 4.69) is 30.5 Å². The van der Waals surface area contributed by atoms with Crippen molar-refractivity contribution in [1.29, 1.82) is 0 Å². The van der Waals surface area contributed by atoms with Gasteiger partial charge in [-0.3, -0.25) is 0 Å². The van der Waals surface area contributed by atoms with Crippen LogP contribution in [0.1, 0.15) is 47.4 Å². The lowest BCUT2D eigenvalue weighted by Crippen LogP contribution is -2.42.